The molecule has 0 unspecified atom stereocenters. The van der Waals surface area contributed by atoms with Crippen LogP contribution in [-0.2, 0) is 9.59 Å². The zero-order valence-corrected chi connectivity index (χ0v) is 11.4. The molecule has 0 fully saturated rings. The number of hydrogen-bond acceptors (Lipinski definition) is 4. The number of carbonyl (C=O) groups is 2. The Bertz CT molecular complexity index is 460. The molecule has 0 atom stereocenters. The van der Waals surface area contributed by atoms with Crippen LogP contribution >= 0.6 is 0 Å². The van der Waals surface area contributed by atoms with Crippen LogP contribution in [0, 0.1) is 0 Å². The zero-order valence-electron chi connectivity index (χ0n) is 11.4. The molecule has 1 aromatic rings. The number of amides is 2. The first-order valence-corrected chi connectivity index (χ1v) is 5.97. The van der Waals surface area contributed by atoms with E-state index in [9.17, 15) is 9.59 Å². The molecule has 0 aliphatic heterocycles. The molecule has 0 aliphatic rings. The standard InChI is InChI=1S/C13H19N3O3/c1-9(17)15-11-8-10(4-5-12(11)19-3)16-13(18)6-7-14-2/h4-5,8,14H,6-7H2,1-3H3,(H,15,17)(H,16,18). The van der Waals surface area contributed by atoms with Crippen molar-refractivity contribution < 1.29 is 14.3 Å². The van der Waals surface area contributed by atoms with Crippen LogP contribution < -0.4 is 20.7 Å². The number of benzene rings is 1. The highest BCUT2D eigenvalue weighted by atomic mass is 16.5. The lowest BCUT2D eigenvalue weighted by atomic mass is 10.2. The van der Waals surface area contributed by atoms with Gasteiger partial charge in [-0.3, -0.25) is 9.59 Å². The highest BCUT2D eigenvalue weighted by Gasteiger charge is 2.08. The largest absolute Gasteiger partial charge is 0.495 e. The second-order valence-corrected chi connectivity index (χ2v) is 4.00. The zero-order chi connectivity index (χ0) is 14.3. The van der Waals surface area contributed by atoms with Gasteiger partial charge >= 0.3 is 0 Å². The number of carbonyl (C=O) groups excluding carboxylic acids is 2. The van der Waals surface area contributed by atoms with Gasteiger partial charge < -0.3 is 20.7 Å². The maximum atomic E-state index is 11.6. The smallest absolute Gasteiger partial charge is 0.225 e. The first kappa shape index (κ1) is 15.0. The number of rotatable bonds is 6. The Kier molecular flexibility index (Phi) is 5.81. The molecule has 6 nitrogen and oxygen atoms in total. The molecule has 2 amide bonds. The summed E-state index contributed by atoms with van der Waals surface area (Å²) in [5.74, 6) is 0.258. The molecule has 0 saturated carbocycles. The van der Waals surface area contributed by atoms with E-state index in [2.05, 4.69) is 16.0 Å². The molecule has 0 heterocycles. The summed E-state index contributed by atoms with van der Waals surface area (Å²) in [4.78, 5) is 22.7. The molecular formula is C13H19N3O3. The Balaban J connectivity index is 2.79. The minimum atomic E-state index is -0.197. The highest BCUT2D eigenvalue weighted by Crippen LogP contribution is 2.27. The van der Waals surface area contributed by atoms with E-state index in [1.807, 2.05) is 0 Å². The molecular weight excluding hydrogens is 246 g/mol. The fourth-order valence-corrected chi connectivity index (χ4v) is 1.54. The van der Waals surface area contributed by atoms with E-state index in [1.165, 1.54) is 14.0 Å². The molecule has 0 saturated heterocycles. The summed E-state index contributed by atoms with van der Waals surface area (Å²) < 4.78 is 5.13. The average Bonchev–Trinajstić information content (AvgIpc) is 2.36. The fraction of sp³-hybridized carbons (Fsp3) is 0.385. The van der Waals surface area contributed by atoms with Crippen LogP contribution in [0.5, 0.6) is 5.75 Å². The molecule has 1 aromatic carbocycles. The van der Waals surface area contributed by atoms with Crippen LogP contribution in [0.15, 0.2) is 18.2 Å². The highest BCUT2D eigenvalue weighted by molar-refractivity contribution is 5.94. The summed E-state index contributed by atoms with van der Waals surface area (Å²) in [6, 6.07) is 5.08. The van der Waals surface area contributed by atoms with Crippen molar-refractivity contribution in [2.24, 2.45) is 0 Å². The van der Waals surface area contributed by atoms with Crippen LogP contribution in [0.25, 0.3) is 0 Å². The molecule has 0 spiro atoms. The van der Waals surface area contributed by atoms with Gasteiger partial charge in [-0.05, 0) is 25.2 Å². The van der Waals surface area contributed by atoms with E-state index in [-0.39, 0.29) is 11.8 Å². The van der Waals surface area contributed by atoms with E-state index in [0.29, 0.717) is 30.1 Å². The Morgan fingerprint density at radius 2 is 2.00 bits per heavy atom. The van der Waals surface area contributed by atoms with Crippen LogP contribution in [0.1, 0.15) is 13.3 Å². The summed E-state index contributed by atoms with van der Waals surface area (Å²) in [5.41, 5.74) is 1.15. The minimum absolute atomic E-state index is 0.0895. The van der Waals surface area contributed by atoms with Gasteiger partial charge in [0.15, 0.2) is 0 Å². The van der Waals surface area contributed by atoms with Crippen molar-refractivity contribution in [3.05, 3.63) is 18.2 Å². The van der Waals surface area contributed by atoms with Crippen molar-refractivity contribution in [3.63, 3.8) is 0 Å². The van der Waals surface area contributed by atoms with Crippen molar-refractivity contribution >= 4 is 23.2 Å². The Morgan fingerprint density at radius 3 is 2.58 bits per heavy atom. The Labute approximate surface area is 112 Å². The monoisotopic (exact) mass is 265 g/mol. The number of nitrogens with one attached hydrogen (secondary N) is 3. The molecule has 0 bridgehead atoms. The Hall–Kier alpha value is -2.08. The van der Waals surface area contributed by atoms with Gasteiger partial charge in [-0.15, -0.1) is 0 Å². The van der Waals surface area contributed by atoms with Gasteiger partial charge in [-0.1, -0.05) is 0 Å². The lowest BCUT2D eigenvalue weighted by Gasteiger charge is -2.11. The summed E-state index contributed by atoms with van der Waals surface area (Å²) in [5, 5.41) is 8.31. The van der Waals surface area contributed by atoms with E-state index < -0.39 is 0 Å². The van der Waals surface area contributed by atoms with E-state index in [0.717, 1.165) is 0 Å². The maximum Gasteiger partial charge on any atom is 0.225 e. The van der Waals surface area contributed by atoms with Gasteiger partial charge in [0, 0.05) is 25.6 Å². The molecule has 0 aromatic heterocycles. The lowest BCUT2D eigenvalue weighted by molar-refractivity contribution is -0.116. The molecule has 19 heavy (non-hydrogen) atoms. The second-order valence-electron chi connectivity index (χ2n) is 4.00. The molecule has 3 N–H and O–H groups in total. The van der Waals surface area contributed by atoms with Gasteiger partial charge in [0.05, 0.1) is 12.8 Å². The summed E-state index contributed by atoms with van der Waals surface area (Å²) in [6.07, 6.45) is 0.387. The van der Waals surface area contributed by atoms with Gasteiger partial charge in [0.25, 0.3) is 0 Å². The van der Waals surface area contributed by atoms with Crippen molar-refractivity contribution in [1.82, 2.24) is 5.32 Å². The number of methoxy groups -OCH3 is 1. The lowest BCUT2D eigenvalue weighted by Crippen LogP contribution is -2.18. The average molecular weight is 265 g/mol. The summed E-state index contributed by atoms with van der Waals surface area (Å²) in [7, 11) is 3.31. The van der Waals surface area contributed by atoms with Crippen LogP contribution in [0.2, 0.25) is 0 Å². The fourth-order valence-electron chi connectivity index (χ4n) is 1.54. The van der Waals surface area contributed by atoms with Crippen molar-refractivity contribution in [2.75, 3.05) is 31.3 Å². The van der Waals surface area contributed by atoms with Gasteiger partial charge in [-0.25, -0.2) is 0 Å². The van der Waals surface area contributed by atoms with Gasteiger partial charge in [0.1, 0.15) is 5.75 Å². The van der Waals surface area contributed by atoms with Crippen molar-refractivity contribution in [3.8, 4) is 5.75 Å². The topological polar surface area (TPSA) is 79.5 Å². The van der Waals surface area contributed by atoms with E-state index in [1.54, 1.807) is 25.2 Å². The summed E-state index contributed by atoms with van der Waals surface area (Å²) >= 11 is 0. The normalized spacial score (nSPS) is 9.84. The second kappa shape index (κ2) is 7.38. The van der Waals surface area contributed by atoms with Crippen LogP contribution in [0.4, 0.5) is 11.4 Å². The first-order valence-electron chi connectivity index (χ1n) is 5.97. The van der Waals surface area contributed by atoms with E-state index in [4.69, 9.17) is 4.74 Å². The molecule has 0 aliphatic carbocycles. The van der Waals surface area contributed by atoms with Crippen LogP contribution in [-0.4, -0.2) is 32.5 Å². The molecule has 0 radical (unpaired) electrons. The van der Waals surface area contributed by atoms with E-state index >= 15 is 0 Å². The SMILES string of the molecule is CNCCC(=O)Nc1ccc(OC)c(NC(C)=O)c1. The third-order valence-corrected chi connectivity index (χ3v) is 2.40. The maximum absolute atomic E-state index is 11.6. The van der Waals surface area contributed by atoms with Crippen molar-refractivity contribution in [1.29, 1.82) is 0 Å². The van der Waals surface area contributed by atoms with Crippen molar-refractivity contribution in [2.45, 2.75) is 13.3 Å². The minimum Gasteiger partial charge on any atom is -0.495 e. The quantitative estimate of drug-likeness (QED) is 0.722. The van der Waals surface area contributed by atoms with Crippen LogP contribution in [0.3, 0.4) is 0 Å². The Morgan fingerprint density at radius 1 is 1.26 bits per heavy atom. The van der Waals surface area contributed by atoms with Gasteiger partial charge in [0.2, 0.25) is 11.8 Å². The molecule has 104 valence electrons. The summed E-state index contributed by atoms with van der Waals surface area (Å²) in [6.45, 7) is 2.03. The predicted octanol–water partition coefficient (Wildman–Crippen LogP) is 1.20. The number of hydrogen-bond donors (Lipinski definition) is 3. The number of anilines is 2. The predicted molar refractivity (Wildman–Crippen MR) is 74.5 cm³/mol. The third kappa shape index (κ3) is 4.97. The number of ether oxygens (including phenoxy) is 1. The van der Waals surface area contributed by atoms with Gasteiger partial charge in [-0.2, -0.15) is 0 Å². The molecule has 1 rings (SSSR count). The first-order chi connectivity index (χ1) is 9.06. The third-order valence-electron chi connectivity index (χ3n) is 2.40. The molecule has 6 heteroatoms.